The van der Waals surface area contributed by atoms with Crippen molar-refractivity contribution in [1.82, 2.24) is 9.97 Å². The second-order valence-electron chi connectivity index (χ2n) is 5.20. The lowest BCUT2D eigenvalue weighted by atomic mass is 10.0. The Bertz CT molecular complexity index is 656. The Kier molecular flexibility index (Phi) is 4.78. The normalized spacial score (nSPS) is 11.0. The maximum Gasteiger partial charge on any atom is 0.163 e. The molecule has 3 nitrogen and oxygen atoms in total. The zero-order valence-corrected chi connectivity index (χ0v) is 13.4. The standard InChI is InChI=1S/C16H19ClFN3/c1-5-19-16-14(9(2)3)10(4)20-15(21-16)12-7-6-11(18)8-13(12)17/h6-9H,5H2,1-4H3,(H,19,20,21). The quantitative estimate of drug-likeness (QED) is 0.881. The van der Waals surface area contributed by atoms with Gasteiger partial charge in [0, 0.05) is 23.4 Å². The largest absolute Gasteiger partial charge is 0.370 e. The molecule has 1 heterocycles. The molecule has 0 unspecified atom stereocenters. The van der Waals surface area contributed by atoms with Crippen molar-refractivity contribution in [2.75, 3.05) is 11.9 Å². The van der Waals surface area contributed by atoms with Crippen LogP contribution in [0, 0.1) is 12.7 Å². The van der Waals surface area contributed by atoms with Crippen LogP contribution in [-0.2, 0) is 0 Å². The van der Waals surface area contributed by atoms with E-state index in [1.54, 1.807) is 6.07 Å². The van der Waals surface area contributed by atoms with Gasteiger partial charge in [0.25, 0.3) is 0 Å². The van der Waals surface area contributed by atoms with Crippen molar-refractivity contribution in [2.24, 2.45) is 0 Å². The van der Waals surface area contributed by atoms with Gasteiger partial charge in [-0.15, -0.1) is 0 Å². The van der Waals surface area contributed by atoms with Crippen molar-refractivity contribution >= 4 is 17.4 Å². The zero-order chi connectivity index (χ0) is 15.6. The Morgan fingerprint density at radius 2 is 2.00 bits per heavy atom. The third kappa shape index (κ3) is 3.32. The monoisotopic (exact) mass is 307 g/mol. The molecular weight excluding hydrogens is 289 g/mol. The molecule has 0 bridgehead atoms. The topological polar surface area (TPSA) is 37.8 Å². The predicted octanol–water partition coefficient (Wildman–Crippen LogP) is 4.80. The lowest BCUT2D eigenvalue weighted by molar-refractivity contribution is 0.628. The molecule has 0 aliphatic rings. The van der Waals surface area contributed by atoms with E-state index in [0.29, 0.717) is 22.3 Å². The van der Waals surface area contributed by atoms with Gasteiger partial charge in [-0.3, -0.25) is 0 Å². The highest BCUT2D eigenvalue weighted by Crippen LogP contribution is 2.31. The summed E-state index contributed by atoms with van der Waals surface area (Å²) in [7, 11) is 0. The van der Waals surface area contributed by atoms with Crippen molar-refractivity contribution in [3.63, 3.8) is 0 Å². The molecule has 0 saturated heterocycles. The fraction of sp³-hybridized carbons (Fsp3) is 0.375. The Morgan fingerprint density at radius 1 is 1.29 bits per heavy atom. The molecule has 21 heavy (non-hydrogen) atoms. The number of aromatic nitrogens is 2. The van der Waals surface area contributed by atoms with Crippen LogP contribution in [0.4, 0.5) is 10.2 Å². The van der Waals surface area contributed by atoms with E-state index in [1.807, 2.05) is 13.8 Å². The van der Waals surface area contributed by atoms with E-state index >= 15 is 0 Å². The minimum Gasteiger partial charge on any atom is -0.370 e. The van der Waals surface area contributed by atoms with Crippen molar-refractivity contribution in [3.05, 3.63) is 40.3 Å². The Morgan fingerprint density at radius 3 is 2.57 bits per heavy atom. The molecule has 1 aromatic heterocycles. The molecule has 0 radical (unpaired) electrons. The van der Waals surface area contributed by atoms with Crippen LogP contribution >= 0.6 is 11.6 Å². The first-order valence-corrected chi connectivity index (χ1v) is 7.39. The first kappa shape index (κ1) is 15.7. The molecule has 0 fully saturated rings. The summed E-state index contributed by atoms with van der Waals surface area (Å²) in [6.07, 6.45) is 0. The summed E-state index contributed by atoms with van der Waals surface area (Å²) in [4.78, 5) is 9.12. The fourth-order valence-corrected chi connectivity index (χ4v) is 2.62. The van der Waals surface area contributed by atoms with E-state index in [9.17, 15) is 4.39 Å². The zero-order valence-electron chi connectivity index (χ0n) is 12.7. The van der Waals surface area contributed by atoms with Crippen LogP contribution in [0.1, 0.15) is 37.9 Å². The molecular formula is C16H19ClFN3. The summed E-state index contributed by atoms with van der Waals surface area (Å²) in [6, 6.07) is 4.25. The van der Waals surface area contributed by atoms with Crippen LogP contribution < -0.4 is 5.32 Å². The number of hydrogen-bond acceptors (Lipinski definition) is 3. The molecule has 112 valence electrons. The average Bonchev–Trinajstić information content (AvgIpc) is 2.37. The van der Waals surface area contributed by atoms with Crippen LogP contribution in [-0.4, -0.2) is 16.5 Å². The van der Waals surface area contributed by atoms with E-state index in [4.69, 9.17) is 11.6 Å². The Balaban J connectivity index is 2.60. The average molecular weight is 308 g/mol. The molecule has 0 amide bonds. The number of aryl methyl sites for hydroxylation is 1. The number of rotatable bonds is 4. The molecule has 2 aromatic rings. The van der Waals surface area contributed by atoms with Crippen molar-refractivity contribution < 1.29 is 4.39 Å². The van der Waals surface area contributed by atoms with Crippen LogP contribution in [0.5, 0.6) is 0 Å². The molecule has 0 aliphatic carbocycles. The molecule has 2 rings (SSSR count). The van der Waals surface area contributed by atoms with Gasteiger partial charge in [-0.1, -0.05) is 25.4 Å². The van der Waals surface area contributed by atoms with Gasteiger partial charge in [-0.25, -0.2) is 14.4 Å². The molecule has 0 spiro atoms. The van der Waals surface area contributed by atoms with Crippen LogP contribution in [0.3, 0.4) is 0 Å². The van der Waals surface area contributed by atoms with Crippen LogP contribution in [0.2, 0.25) is 5.02 Å². The summed E-state index contributed by atoms with van der Waals surface area (Å²) >= 11 is 6.11. The smallest absolute Gasteiger partial charge is 0.163 e. The highest BCUT2D eigenvalue weighted by molar-refractivity contribution is 6.33. The van der Waals surface area contributed by atoms with E-state index in [0.717, 1.165) is 23.6 Å². The maximum atomic E-state index is 13.2. The minimum absolute atomic E-state index is 0.314. The SMILES string of the molecule is CCNc1nc(-c2ccc(F)cc2Cl)nc(C)c1C(C)C. The van der Waals surface area contributed by atoms with E-state index in [2.05, 4.69) is 29.1 Å². The lowest BCUT2D eigenvalue weighted by Crippen LogP contribution is -2.09. The lowest BCUT2D eigenvalue weighted by Gasteiger charge is -2.17. The van der Waals surface area contributed by atoms with Crippen LogP contribution in [0.25, 0.3) is 11.4 Å². The predicted molar refractivity (Wildman–Crippen MR) is 85.4 cm³/mol. The molecule has 0 aliphatic heterocycles. The Hall–Kier alpha value is -1.68. The molecule has 5 heteroatoms. The first-order valence-electron chi connectivity index (χ1n) is 7.01. The number of halogens is 2. The van der Waals surface area contributed by atoms with Gasteiger partial charge in [-0.05, 0) is 38.0 Å². The van der Waals surface area contributed by atoms with Gasteiger partial charge >= 0.3 is 0 Å². The van der Waals surface area contributed by atoms with Gasteiger partial charge in [0.15, 0.2) is 5.82 Å². The van der Waals surface area contributed by atoms with Gasteiger partial charge in [0.1, 0.15) is 11.6 Å². The van der Waals surface area contributed by atoms with E-state index in [1.165, 1.54) is 12.1 Å². The van der Waals surface area contributed by atoms with E-state index in [-0.39, 0.29) is 5.82 Å². The molecule has 0 atom stereocenters. The van der Waals surface area contributed by atoms with Gasteiger partial charge in [0.2, 0.25) is 0 Å². The number of hydrogen-bond donors (Lipinski definition) is 1. The van der Waals surface area contributed by atoms with Gasteiger partial charge < -0.3 is 5.32 Å². The summed E-state index contributed by atoms with van der Waals surface area (Å²) in [5, 5.41) is 3.59. The summed E-state index contributed by atoms with van der Waals surface area (Å²) in [5.41, 5.74) is 2.64. The fourth-order valence-electron chi connectivity index (χ4n) is 2.37. The summed E-state index contributed by atoms with van der Waals surface area (Å²) in [6.45, 7) is 8.96. The summed E-state index contributed by atoms with van der Waals surface area (Å²) < 4.78 is 13.2. The van der Waals surface area contributed by atoms with Crippen molar-refractivity contribution in [3.8, 4) is 11.4 Å². The second kappa shape index (κ2) is 6.39. The third-order valence-electron chi connectivity index (χ3n) is 3.23. The van der Waals surface area contributed by atoms with Crippen molar-refractivity contribution in [2.45, 2.75) is 33.6 Å². The number of nitrogens with one attached hydrogen (secondary N) is 1. The highest BCUT2D eigenvalue weighted by atomic mass is 35.5. The summed E-state index contributed by atoms with van der Waals surface area (Å²) in [5.74, 6) is 1.27. The van der Waals surface area contributed by atoms with E-state index < -0.39 is 0 Å². The van der Waals surface area contributed by atoms with Crippen LogP contribution in [0.15, 0.2) is 18.2 Å². The third-order valence-corrected chi connectivity index (χ3v) is 3.54. The van der Waals surface area contributed by atoms with Gasteiger partial charge in [0.05, 0.1) is 5.02 Å². The van der Waals surface area contributed by atoms with Gasteiger partial charge in [-0.2, -0.15) is 0 Å². The second-order valence-corrected chi connectivity index (χ2v) is 5.61. The molecule has 1 aromatic carbocycles. The molecule has 1 N–H and O–H groups in total. The molecule has 0 saturated carbocycles. The van der Waals surface area contributed by atoms with Crippen molar-refractivity contribution in [1.29, 1.82) is 0 Å². The number of anilines is 1. The number of benzene rings is 1. The first-order chi connectivity index (χ1) is 9.93. The number of nitrogens with zero attached hydrogens (tertiary/aromatic N) is 2. The maximum absolute atomic E-state index is 13.2. The minimum atomic E-state index is -0.369. The highest BCUT2D eigenvalue weighted by Gasteiger charge is 2.16. The Labute approximate surface area is 129 Å².